The van der Waals surface area contributed by atoms with Crippen LogP contribution in [0.2, 0.25) is 0 Å². The fourth-order valence-corrected chi connectivity index (χ4v) is 3.23. The third-order valence-electron chi connectivity index (χ3n) is 3.58. The fourth-order valence-electron chi connectivity index (χ4n) is 2.49. The third kappa shape index (κ3) is 2.29. The maximum absolute atomic E-state index is 7.78. The molecule has 4 rings (SSSR count). The van der Waals surface area contributed by atoms with Crippen molar-refractivity contribution >= 4 is 22.8 Å². The molecule has 3 N–H and O–H groups in total. The first kappa shape index (κ1) is 13.7. The highest BCUT2D eigenvalue weighted by molar-refractivity contribution is 7.13. The molecule has 3 heterocycles. The average Bonchev–Trinajstić information content (AvgIpc) is 3.24. The quantitative estimate of drug-likeness (QED) is 0.448. The summed E-state index contributed by atoms with van der Waals surface area (Å²) in [6.45, 7) is 0. The van der Waals surface area contributed by atoms with Crippen molar-refractivity contribution in [2.45, 2.75) is 0 Å². The maximum atomic E-state index is 7.78. The fraction of sp³-hybridized carbons (Fsp3) is 0. The van der Waals surface area contributed by atoms with Gasteiger partial charge in [-0.1, -0.05) is 36.4 Å². The van der Waals surface area contributed by atoms with Crippen LogP contribution in [0.5, 0.6) is 0 Å². The number of hydrogen-bond donors (Lipinski definition) is 2. The number of fused-ring (bicyclic) bond motifs is 1. The lowest BCUT2D eigenvalue weighted by atomic mass is 10.2. The van der Waals surface area contributed by atoms with E-state index in [0.717, 1.165) is 16.1 Å². The van der Waals surface area contributed by atoms with Crippen molar-refractivity contribution in [3.05, 3.63) is 65.5 Å². The molecule has 4 aromatic rings. The van der Waals surface area contributed by atoms with Gasteiger partial charge in [-0.2, -0.15) is 0 Å². The second-order valence-electron chi connectivity index (χ2n) is 5.06. The highest BCUT2D eigenvalue weighted by Crippen LogP contribution is 2.27. The van der Waals surface area contributed by atoms with E-state index in [4.69, 9.17) is 11.1 Å². The minimum Gasteiger partial charge on any atom is -0.384 e. The van der Waals surface area contributed by atoms with Crippen LogP contribution in [0.4, 0.5) is 0 Å². The Morgan fingerprint density at radius 1 is 1.04 bits per heavy atom. The first-order chi connectivity index (χ1) is 11.2. The van der Waals surface area contributed by atoms with E-state index in [0.29, 0.717) is 17.0 Å². The Bertz CT molecular complexity index is 987. The van der Waals surface area contributed by atoms with Crippen LogP contribution in [-0.2, 0) is 0 Å². The van der Waals surface area contributed by atoms with E-state index in [9.17, 15) is 0 Å². The van der Waals surface area contributed by atoms with Crippen LogP contribution < -0.4 is 5.73 Å². The monoisotopic (exact) mass is 319 g/mol. The van der Waals surface area contributed by atoms with Gasteiger partial charge >= 0.3 is 0 Å². The number of thiophene rings is 1. The molecule has 5 nitrogen and oxygen atoms in total. The molecule has 0 spiro atoms. The zero-order valence-corrected chi connectivity index (χ0v) is 12.9. The Labute approximate surface area is 136 Å². The molecular weight excluding hydrogens is 306 g/mol. The molecule has 6 heteroatoms. The molecule has 0 aliphatic carbocycles. The Balaban J connectivity index is 2.02. The second-order valence-corrected chi connectivity index (χ2v) is 6.01. The summed E-state index contributed by atoms with van der Waals surface area (Å²) in [4.78, 5) is 5.70. The average molecular weight is 319 g/mol. The molecule has 112 valence electrons. The number of nitrogens with one attached hydrogen (secondary N) is 1. The molecule has 0 atom stereocenters. The Hall–Kier alpha value is -2.99. The second kappa shape index (κ2) is 5.33. The van der Waals surface area contributed by atoms with Gasteiger partial charge in [-0.25, -0.2) is 9.50 Å². The Kier molecular flexibility index (Phi) is 3.17. The summed E-state index contributed by atoms with van der Waals surface area (Å²) in [6.07, 6.45) is 0. The molecule has 0 fully saturated rings. The summed E-state index contributed by atoms with van der Waals surface area (Å²) < 4.78 is 1.77. The summed E-state index contributed by atoms with van der Waals surface area (Å²) in [5, 5.41) is 14.4. The van der Waals surface area contributed by atoms with Crippen molar-refractivity contribution in [1.82, 2.24) is 14.6 Å². The lowest BCUT2D eigenvalue weighted by molar-refractivity contribution is 0.975. The summed E-state index contributed by atoms with van der Waals surface area (Å²) in [5.41, 5.74) is 8.76. The highest BCUT2D eigenvalue weighted by atomic mass is 32.1. The molecule has 23 heavy (non-hydrogen) atoms. The summed E-state index contributed by atoms with van der Waals surface area (Å²) >= 11 is 1.64. The van der Waals surface area contributed by atoms with Crippen molar-refractivity contribution in [2.75, 3.05) is 0 Å². The maximum Gasteiger partial charge on any atom is 0.182 e. The number of benzene rings is 1. The van der Waals surface area contributed by atoms with Gasteiger partial charge in [0.2, 0.25) is 0 Å². The van der Waals surface area contributed by atoms with Gasteiger partial charge in [0.15, 0.2) is 11.5 Å². The van der Waals surface area contributed by atoms with Gasteiger partial charge in [0.1, 0.15) is 5.84 Å². The van der Waals surface area contributed by atoms with Gasteiger partial charge in [-0.15, -0.1) is 16.4 Å². The van der Waals surface area contributed by atoms with E-state index in [2.05, 4.69) is 10.1 Å². The number of nitrogen functional groups attached to an aromatic ring is 1. The lowest BCUT2D eigenvalue weighted by Gasteiger charge is -2.05. The number of hydrogen-bond acceptors (Lipinski definition) is 4. The SMILES string of the molecule is N=C(N)c1ccc(-c2cccs2)n2nc(-c3ccccc3)nc12. The van der Waals surface area contributed by atoms with Gasteiger partial charge in [-0.05, 0) is 23.6 Å². The van der Waals surface area contributed by atoms with Gasteiger partial charge in [0.25, 0.3) is 0 Å². The summed E-state index contributed by atoms with van der Waals surface area (Å²) in [6, 6.07) is 17.6. The topological polar surface area (TPSA) is 80.1 Å². The number of nitrogens with zero attached hydrogens (tertiary/aromatic N) is 3. The minimum atomic E-state index is -0.0141. The molecule has 1 aromatic carbocycles. The standard InChI is InChI=1S/C17H13N5S/c18-15(19)12-8-9-13(14-7-4-10-23-14)22-17(12)20-16(21-22)11-5-2-1-3-6-11/h1-10H,(H3,18,19). The predicted molar refractivity (Wildman–Crippen MR) is 92.8 cm³/mol. The van der Waals surface area contributed by atoms with Crippen molar-refractivity contribution in [2.24, 2.45) is 5.73 Å². The van der Waals surface area contributed by atoms with Gasteiger partial charge in [0, 0.05) is 5.56 Å². The van der Waals surface area contributed by atoms with Gasteiger partial charge in [0.05, 0.1) is 16.1 Å². The molecule has 0 amide bonds. The van der Waals surface area contributed by atoms with E-state index < -0.39 is 0 Å². The van der Waals surface area contributed by atoms with Crippen LogP contribution in [0.3, 0.4) is 0 Å². The minimum absolute atomic E-state index is 0.0141. The highest BCUT2D eigenvalue weighted by Gasteiger charge is 2.15. The number of amidine groups is 1. The number of nitrogens with two attached hydrogens (primary N) is 1. The van der Waals surface area contributed by atoms with E-state index in [-0.39, 0.29) is 5.84 Å². The molecule has 0 radical (unpaired) electrons. The number of pyridine rings is 1. The van der Waals surface area contributed by atoms with Gasteiger partial charge < -0.3 is 5.73 Å². The summed E-state index contributed by atoms with van der Waals surface area (Å²) in [7, 11) is 0. The predicted octanol–water partition coefficient (Wildman–Crippen LogP) is 3.41. The van der Waals surface area contributed by atoms with Crippen molar-refractivity contribution in [3.63, 3.8) is 0 Å². The van der Waals surface area contributed by atoms with Crippen molar-refractivity contribution < 1.29 is 0 Å². The van der Waals surface area contributed by atoms with E-state index >= 15 is 0 Å². The molecule has 0 unspecified atom stereocenters. The normalized spacial score (nSPS) is 11.0. The molecule has 0 aliphatic rings. The van der Waals surface area contributed by atoms with E-state index in [1.54, 1.807) is 15.9 Å². The van der Waals surface area contributed by atoms with Crippen molar-refractivity contribution in [3.8, 4) is 22.0 Å². The zero-order valence-electron chi connectivity index (χ0n) is 12.1. The lowest BCUT2D eigenvalue weighted by Crippen LogP contribution is -2.13. The molecule has 0 saturated heterocycles. The smallest absolute Gasteiger partial charge is 0.182 e. The molecule has 0 saturated carbocycles. The molecule has 0 aliphatic heterocycles. The van der Waals surface area contributed by atoms with Crippen molar-refractivity contribution in [1.29, 1.82) is 5.41 Å². The third-order valence-corrected chi connectivity index (χ3v) is 4.47. The van der Waals surface area contributed by atoms with Crippen LogP contribution >= 0.6 is 11.3 Å². The van der Waals surface area contributed by atoms with Crippen LogP contribution in [-0.4, -0.2) is 20.4 Å². The van der Waals surface area contributed by atoms with Crippen LogP contribution in [0.25, 0.3) is 27.6 Å². The molecular formula is C17H13N5S. The van der Waals surface area contributed by atoms with E-state index in [1.165, 1.54) is 0 Å². The molecule has 3 aromatic heterocycles. The van der Waals surface area contributed by atoms with Crippen LogP contribution in [0, 0.1) is 5.41 Å². The Morgan fingerprint density at radius 3 is 2.57 bits per heavy atom. The van der Waals surface area contributed by atoms with Crippen LogP contribution in [0.1, 0.15) is 5.56 Å². The first-order valence-electron chi connectivity index (χ1n) is 7.07. The molecule has 0 bridgehead atoms. The Morgan fingerprint density at radius 2 is 1.87 bits per heavy atom. The summed E-state index contributed by atoms with van der Waals surface area (Å²) in [5.74, 6) is 0.608. The number of aromatic nitrogens is 3. The zero-order chi connectivity index (χ0) is 15.8. The first-order valence-corrected chi connectivity index (χ1v) is 7.95. The van der Waals surface area contributed by atoms with Gasteiger partial charge in [-0.3, -0.25) is 5.41 Å². The van der Waals surface area contributed by atoms with Crippen LogP contribution in [0.15, 0.2) is 60.0 Å². The number of rotatable bonds is 3. The van der Waals surface area contributed by atoms with E-state index in [1.807, 2.05) is 60.0 Å². The largest absolute Gasteiger partial charge is 0.384 e.